The maximum Gasteiger partial charge on any atom is 0.0892 e. The molecule has 2 fully saturated rings. The second kappa shape index (κ2) is 20.7. The molecule has 0 bridgehead atoms. The summed E-state index contributed by atoms with van der Waals surface area (Å²) >= 11 is 0. The molecule has 0 spiro atoms. The molecule has 2 aliphatic carbocycles. The lowest BCUT2D eigenvalue weighted by Gasteiger charge is -2.46. The van der Waals surface area contributed by atoms with Crippen molar-refractivity contribution in [2.24, 2.45) is 45.4 Å². The molecule has 8 heteroatoms. The van der Waals surface area contributed by atoms with Crippen molar-refractivity contribution in [1.82, 2.24) is 5.32 Å². The van der Waals surface area contributed by atoms with Crippen molar-refractivity contribution in [3.8, 4) is 6.07 Å². The normalized spacial score (nSPS) is 30.9. The Morgan fingerprint density at radius 1 is 1.00 bits per heavy atom. The molecule has 7 N–H and O–H groups in total. The van der Waals surface area contributed by atoms with Crippen LogP contribution in [0.2, 0.25) is 0 Å². The summed E-state index contributed by atoms with van der Waals surface area (Å²) in [5.74, 6) is -0.115. The first-order valence-corrected chi connectivity index (χ1v) is 18.7. The fourth-order valence-electron chi connectivity index (χ4n) is 7.11. The minimum Gasteiger partial charge on any atom is -0.378 e. The lowest BCUT2D eigenvalue weighted by atomic mass is 9.70. The first kappa shape index (κ1) is 42.3. The van der Waals surface area contributed by atoms with Crippen LogP contribution in [0.1, 0.15) is 120 Å². The average molecular weight is 669 g/mol. The molecule has 0 saturated heterocycles. The Hall–Kier alpha value is -1.86. The highest BCUT2D eigenvalue weighted by Crippen LogP contribution is 2.39. The number of aliphatic imine (C=N–C) groups is 1. The van der Waals surface area contributed by atoms with Crippen LogP contribution >= 0.6 is 0 Å². The largest absolute Gasteiger partial charge is 0.378 e. The minimum atomic E-state index is -0.418. The Labute approximate surface area is 294 Å². The first-order chi connectivity index (χ1) is 22.6. The number of hydrogen-bond acceptors (Lipinski definition) is 8. The van der Waals surface area contributed by atoms with Crippen molar-refractivity contribution < 1.29 is 9.47 Å². The van der Waals surface area contributed by atoms with Gasteiger partial charge in [-0.3, -0.25) is 4.99 Å². The highest BCUT2D eigenvalue weighted by Gasteiger charge is 2.47. The van der Waals surface area contributed by atoms with E-state index in [1.807, 2.05) is 13.3 Å². The van der Waals surface area contributed by atoms with Gasteiger partial charge in [-0.05, 0) is 125 Å². The third-order valence-electron chi connectivity index (χ3n) is 11.1. The van der Waals surface area contributed by atoms with Gasteiger partial charge in [0.05, 0.1) is 42.9 Å². The molecule has 11 unspecified atom stereocenters. The van der Waals surface area contributed by atoms with E-state index in [-0.39, 0.29) is 47.7 Å². The molecular formula is C40H72N6O2. The fourth-order valence-corrected chi connectivity index (χ4v) is 7.11. The third kappa shape index (κ3) is 13.8. The summed E-state index contributed by atoms with van der Waals surface area (Å²) in [6, 6.07) is 2.52. The molecule has 0 heterocycles. The molecule has 0 aromatic rings. The lowest BCUT2D eigenvalue weighted by molar-refractivity contribution is -0.106. The second-order valence-electron chi connectivity index (χ2n) is 16.1. The number of nitrogens with zero attached hydrogens (tertiary/aromatic N) is 2. The molecule has 0 aliphatic heterocycles. The van der Waals surface area contributed by atoms with Gasteiger partial charge in [0, 0.05) is 41.7 Å². The molecule has 2 saturated carbocycles. The summed E-state index contributed by atoms with van der Waals surface area (Å²) < 4.78 is 13.2. The summed E-state index contributed by atoms with van der Waals surface area (Å²) in [4.78, 5) is 5.07. The Kier molecular flexibility index (Phi) is 18.3. The van der Waals surface area contributed by atoms with Crippen LogP contribution in [0.25, 0.3) is 0 Å². The van der Waals surface area contributed by atoms with Crippen molar-refractivity contribution in [2.45, 2.75) is 169 Å². The van der Waals surface area contributed by atoms with E-state index in [2.05, 4.69) is 91.9 Å². The SMILES string of the molecule is CNC(C)C(C)(C)COC(C)CC1C(N=C/C=C(\C)CC/C=C(\C)CCC=C(C)C)CC(N)C(OC2CC(C(C)N)CCC2N)C1C#N. The highest BCUT2D eigenvalue weighted by molar-refractivity contribution is 5.72. The van der Waals surface area contributed by atoms with Crippen LogP contribution in [0.4, 0.5) is 0 Å². The molecule has 274 valence electrons. The smallest absolute Gasteiger partial charge is 0.0892 e. The van der Waals surface area contributed by atoms with Crippen LogP contribution in [-0.2, 0) is 9.47 Å². The molecule has 0 amide bonds. The van der Waals surface area contributed by atoms with Gasteiger partial charge in [0.2, 0.25) is 0 Å². The predicted octanol–water partition coefficient (Wildman–Crippen LogP) is 6.99. The van der Waals surface area contributed by atoms with Crippen molar-refractivity contribution in [2.75, 3.05) is 13.7 Å². The number of hydrogen-bond donors (Lipinski definition) is 4. The van der Waals surface area contributed by atoms with Gasteiger partial charge in [0.25, 0.3) is 0 Å². The van der Waals surface area contributed by atoms with Gasteiger partial charge in [-0.15, -0.1) is 0 Å². The molecular weight excluding hydrogens is 596 g/mol. The van der Waals surface area contributed by atoms with Crippen molar-refractivity contribution in [3.05, 3.63) is 34.9 Å². The summed E-state index contributed by atoms with van der Waals surface area (Å²) in [5, 5.41) is 14.0. The molecule has 2 rings (SSSR count). The van der Waals surface area contributed by atoms with E-state index in [1.54, 1.807) is 0 Å². The molecule has 48 heavy (non-hydrogen) atoms. The van der Waals surface area contributed by atoms with Crippen LogP contribution in [0.15, 0.2) is 39.9 Å². The van der Waals surface area contributed by atoms with E-state index in [4.69, 9.17) is 31.7 Å². The number of nitriles is 1. The van der Waals surface area contributed by atoms with Gasteiger partial charge in [-0.2, -0.15) is 5.26 Å². The summed E-state index contributed by atoms with van der Waals surface area (Å²) in [6.45, 7) is 20.1. The highest BCUT2D eigenvalue weighted by atomic mass is 16.5. The van der Waals surface area contributed by atoms with E-state index in [9.17, 15) is 5.26 Å². The van der Waals surface area contributed by atoms with Gasteiger partial charge >= 0.3 is 0 Å². The first-order valence-electron chi connectivity index (χ1n) is 18.7. The third-order valence-corrected chi connectivity index (χ3v) is 11.1. The van der Waals surface area contributed by atoms with E-state index in [0.29, 0.717) is 31.4 Å². The second-order valence-corrected chi connectivity index (χ2v) is 16.1. The number of ether oxygens (including phenoxy) is 2. The van der Waals surface area contributed by atoms with Crippen LogP contribution in [0.5, 0.6) is 0 Å². The van der Waals surface area contributed by atoms with E-state index in [1.165, 1.54) is 16.7 Å². The van der Waals surface area contributed by atoms with Crippen LogP contribution in [0.3, 0.4) is 0 Å². The Balaban J connectivity index is 2.22. The van der Waals surface area contributed by atoms with Crippen molar-refractivity contribution >= 4 is 6.21 Å². The number of nitrogens with one attached hydrogen (secondary N) is 1. The Morgan fingerprint density at radius 2 is 1.67 bits per heavy atom. The number of nitrogens with two attached hydrogens (primary N) is 3. The molecule has 2 aliphatic rings. The summed E-state index contributed by atoms with van der Waals surface area (Å²) in [6.07, 6.45) is 16.4. The monoisotopic (exact) mass is 669 g/mol. The Bertz CT molecular complexity index is 1120. The molecule has 0 aromatic heterocycles. The standard InChI is InChI=1S/C40H72N6O2/c1-26(2)13-11-14-27(3)15-12-16-28(4)19-20-46-37-23-36(44)39(48-38-22-32(30(6)42)17-18-35(38)43)34(24-41)33(37)21-29(5)47-25-40(8,9)31(7)45-10/h13,15,19-20,29-39,45H,11-12,14,16-18,21-23,25,42-44H2,1-10H3/b27-15+,28-19+,46-20?. The minimum absolute atomic E-state index is 0.0365. The number of allylic oxidation sites excluding steroid dienone is 6. The average Bonchev–Trinajstić information content (AvgIpc) is 3.02. The maximum atomic E-state index is 10.7. The van der Waals surface area contributed by atoms with Crippen LogP contribution in [0, 0.1) is 34.5 Å². The van der Waals surface area contributed by atoms with Gasteiger partial charge in [0.1, 0.15) is 0 Å². The molecule has 8 nitrogen and oxygen atoms in total. The maximum absolute atomic E-state index is 10.7. The van der Waals surface area contributed by atoms with E-state index >= 15 is 0 Å². The topological polar surface area (TPSA) is 145 Å². The quantitative estimate of drug-likeness (QED) is 0.0910. The van der Waals surface area contributed by atoms with Gasteiger partial charge in [0.15, 0.2) is 0 Å². The zero-order valence-corrected chi connectivity index (χ0v) is 32.2. The fraction of sp³-hybridized carbons (Fsp3) is 0.800. The zero-order valence-electron chi connectivity index (χ0n) is 32.2. The lowest BCUT2D eigenvalue weighted by Crippen LogP contribution is -2.57. The Morgan fingerprint density at radius 3 is 2.29 bits per heavy atom. The molecule has 0 aromatic carbocycles. The summed E-state index contributed by atoms with van der Waals surface area (Å²) in [7, 11) is 1.98. The zero-order chi connectivity index (χ0) is 36.0. The molecule has 0 radical (unpaired) electrons. The van der Waals surface area contributed by atoms with Crippen molar-refractivity contribution in [3.63, 3.8) is 0 Å². The van der Waals surface area contributed by atoms with Crippen molar-refractivity contribution in [1.29, 1.82) is 5.26 Å². The van der Waals surface area contributed by atoms with Gasteiger partial charge in [-0.25, -0.2) is 0 Å². The van der Waals surface area contributed by atoms with Gasteiger partial charge in [-0.1, -0.05) is 42.7 Å². The summed E-state index contributed by atoms with van der Waals surface area (Å²) in [5.41, 5.74) is 23.8. The van der Waals surface area contributed by atoms with E-state index in [0.717, 1.165) is 44.9 Å². The van der Waals surface area contributed by atoms with Crippen LogP contribution in [-0.4, -0.2) is 68.4 Å². The molecule has 11 atom stereocenters. The van der Waals surface area contributed by atoms with E-state index < -0.39 is 12.0 Å². The van der Waals surface area contributed by atoms with Gasteiger partial charge < -0.3 is 32.0 Å². The van der Waals surface area contributed by atoms with Crippen LogP contribution < -0.4 is 22.5 Å². The number of rotatable bonds is 18. The predicted molar refractivity (Wildman–Crippen MR) is 203 cm³/mol.